The van der Waals surface area contributed by atoms with Crippen molar-refractivity contribution in [3.05, 3.63) is 167 Å². The largest absolute Gasteiger partial charge is 0.508 e. The van der Waals surface area contributed by atoms with Crippen molar-refractivity contribution in [3.8, 4) is 11.1 Å². The van der Waals surface area contributed by atoms with Gasteiger partial charge in [-0.15, -0.1) is 11.8 Å². The predicted octanol–water partition coefficient (Wildman–Crippen LogP) is 6.11. The Bertz CT molecular complexity index is 3660. The van der Waals surface area contributed by atoms with Crippen molar-refractivity contribution in [2.24, 2.45) is 0 Å². The molecule has 5 aromatic carbocycles. The molecule has 1 aliphatic carbocycles. The van der Waals surface area contributed by atoms with E-state index >= 15 is 0 Å². The molecule has 11 rings (SSSR count). The van der Waals surface area contributed by atoms with Crippen LogP contribution in [-0.2, 0) is 110 Å². The lowest BCUT2D eigenvalue weighted by Gasteiger charge is -2.56. The van der Waals surface area contributed by atoms with E-state index in [1.165, 1.54) is 40.1 Å². The van der Waals surface area contributed by atoms with E-state index < -0.39 is 158 Å². The normalized spacial score (nSPS) is 28.6. The highest BCUT2D eigenvalue weighted by Gasteiger charge is 2.63. The lowest BCUT2D eigenvalue weighted by atomic mass is 9.94. The molecule has 5 fully saturated rings. The van der Waals surface area contributed by atoms with Crippen molar-refractivity contribution in [2.75, 3.05) is 80.1 Å². The average Bonchev–Trinajstić information content (AvgIpc) is 1.49. The minimum atomic E-state index is -1.55. The number of amides is 5. The molecular weight excluding hydrogens is 1360 g/mol. The molecule has 0 radical (unpaired) electrons. The van der Waals surface area contributed by atoms with Gasteiger partial charge in [0.15, 0.2) is 6.29 Å². The lowest BCUT2D eigenvalue weighted by Crippen LogP contribution is -2.73. The fraction of sp³-hybridized carbons (Fsp3) is 0.500. The molecule has 5 amide bonds. The van der Waals surface area contributed by atoms with Crippen LogP contribution in [0, 0.1) is 0 Å². The maximum Gasteiger partial charge on any atom is 0.508 e. The van der Waals surface area contributed by atoms with Crippen LogP contribution in [0.4, 0.5) is 14.4 Å². The Hall–Kier alpha value is -8.30. The summed E-state index contributed by atoms with van der Waals surface area (Å²) in [4.78, 5) is 99.9. The van der Waals surface area contributed by atoms with Gasteiger partial charge < -0.3 is 97.0 Å². The summed E-state index contributed by atoms with van der Waals surface area (Å²) in [5, 5.41) is 18.7. The molecule has 6 aliphatic rings. The maximum atomic E-state index is 14.7. The van der Waals surface area contributed by atoms with Gasteiger partial charge in [-0.2, -0.15) is 0 Å². The molecule has 554 valence electrons. The molecule has 4 N–H and O–H groups in total. The summed E-state index contributed by atoms with van der Waals surface area (Å²) < 4.78 is 91.5. The van der Waals surface area contributed by atoms with E-state index in [9.17, 15) is 38.7 Å². The number of carbonyl (C=O) groups is 7. The van der Waals surface area contributed by atoms with Crippen molar-refractivity contribution in [3.63, 3.8) is 0 Å². The zero-order valence-electron chi connectivity index (χ0n) is 58.4. The number of likely N-dealkylation sites (tertiary alicyclic amines) is 2. The molecule has 0 bridgehead atoms. The van der Waals surface area contributed by atoms with Crippen molar-refractivity contribution >= 4 is 53.8 Å². The van der Waals surface area contributed by atoms with Gasteiger partial charge in [0, 0.05) is 47.1 Å². The molecule has 28 nitrogen and oxygen atoms in total. The standard InChI is InChI=1S/C74H89N5O23S/c1-8-103-69-65(93-40-46-26-16-11-17-27-46)64(92-39-45-24-14-10-15-25-45)61(91-38-44-22-12-9-13-23-44)56(100-69)42-95-71(86)98-48-33-55(79(37-48)70(85)94-41-53-51-30-20-18-28-49(51)50-29-19-21-31-52(50)53)67(84)77-35-59(81)78-36-47(32-54(78)66(83)76-34-58(80)75-4)97-72(87)96-43-57-62-63(60(82)68(88-5)99-57)102-74(3,90-7)73(2,89-6)101-62/h9-31,47-48,53-57,60-65,68-69,82H,8,32-43H2,1-7H3,(H,75,80)(H,76,83)(H,77,84)/t47?,48?,54-,55-,56+,57+,60+,61+,62+,63+,64-,65+,68+,69-,73-,74-/m0/s1. The molecule has 0 saturated carbocycles. The third-order valence-corrected chi connectivity index (χ3v) is 20.4. The summed E-state index contributed by atoms with van der Waals surface area (Å²) in [6.45, 7) is 2.71. The molecule has 29 heteroatoms. The summed E-state index contributed by atoms with van der Waals surface area (Å²) in [6, 6.07) is 41.8. The molecule has 5 saturated heterocycles. The molecule has 2 unspecified atom stereocenters. The highest BCUT2D eigenvalue weighted by Crippen LogP contribution is 2.46. The van der Waals surface area contributed by atoms with E-state index in [1.54, 1.807) is 13.8 Å². The van der Waals surface area contributed by atoms with Crippen LogP contribution in [0.15, 0.2) is 140 Å². The van der Waals surface area contributed by atoms with Crippen LogP contribution < -0.4 is 16.0 Å². The topological polar surface area (TPSA) is 321 Å². The zero-order chi connectivity index (χ0) is 72.8. The van der Waals surface area contributed by atoms with Gasteiger partial charge in [-0.05, 0) is 58.5 Å². The number of rotatable bonds is 28. The smallest absolute Gasteiger partial charge is 0.448 e. The quantitative estimate of drug-likeness (QED) is 0.0324. The van der Waals surface area contributed by atoms with Crippen LogP contribution in [0.1, 0.15) is 67.3 Å². The van der Waals surface area contributed by atoms with E-state index in [0.717, 1.165) is 48.7 Å². The number of aliphatic hydroxyl groups excluding tert-OH is 1. The third kappa shape index (κ3) is 17.9. The number of methoxy groups -OCH3 is 3. The molecule has 5 aliphatic heterocycles. The van der Waals surface area contributed by atoms with Crippen molar-refractivity contribution in [1.29, 1.82) is 0 Å². The van der Waals surface area contributed by atoms with Crippen LogP contribution in [-0.4, -0.2) is 233 Å². The minimum Gasteiger partial charge on any atom is -0.448 e. The summed E-state index contributed by atoms with van der Waals surface area (Å²) in [5.74, 6) is -5.81. The Morgan fingerprint density at radius 2 is 1.04 bits per heavy atom. The number of nitrogens with one attached hydrogen (secondary N) is 3. The molecule has 103 heavy (non-hydrogen) atoms. The zero-order valence-corrected chi connectivity index (χ0v) is 59.2. The molecule has 0 aromatic heterocycles. The number of benzene rings is 5. The number of aliphatic hydroxyl groups is 1. The third-order valence-electron chi connectivity index (χ3n) is 19.3. The molecule has 16 atom stereocenters. The molecule has 0 spiro atoms. The van der Waals surface area contributed by atoms with Gasteiger partial charge in [0.1, 0.15) is 98.4 Å². The maximum absolute atomic E-state index is 14.7. The van der Waals surface area contributed by atoms with Crippen molar-refractivity contribution in [1.82, 2.24) is 25.8 Å². The number of nitrogens with zero attached hydrogens (tertiary/aromatic N) is 2. The highest BCUT2D eigenvalue weighted by molar-refractivity contribution is 7.99. The number of ether oxygens (including phenoxy) is 15. The molecular formula is C74H89N5O23S. The van der Waals surface area contributed by atoms with Crippen LogP contribution in [0.25, 0.3) is 11.1 Å². The Kier molecular flexibility index (Phi) is 25.8. The first-order valence-corrected chi connectivity index (χ1v) is 35.3. The second kappa shape index (κ2) is 35.0. The Morgan fingerprint density at radius 1 is 0.563 bits per heavy atom. The van der Waals surface area contributed by atoms with E-state index in [0.29, 0.717) is 5.75 Å². The Morgan fingerprint density at radius 3 is 1.56 bits per heavy atom. The summed E-state index contributed by atoms with van der Waals surface area (Å²) >= 11 is 1.50. The number of carbonyl (C=O) groups excluding carboxylic acids is 7. The van der Waals surface area contributed by atoms with E-state index in [-0.39, 0.29) is 64.9 Å². The lowest BCUT2D eigenvalue weighted by molar-refractivity contribution is -0.479. The molecule has 5 aromatic rings. The SMILES string of the molecule is CCS[C@@H]1O[C@H](COC(=O)OC2C[C@@H](C(=O)NCC(=O)N3CC(OC(=O)OC[C@H]4O[C@@H](OC)[C@H](O)[C@H]5O[C@](C)(OC)[C@@](C)(OC)O[C@@H]54)C[C@H]3C(=O)NCC(=O)NC)N(C(=O)OCC3c4ccccc4-c4ccccc43)C2)[C@@H](OCc2ccccc2)[C@H](OCc2ccccc2)[C@H]1OCc1ccccc1. The van der Waals surface area contributed by atoms with Gasteiger partial charge in [0.2, 0.25) is 35.2 Å². The second-order valence-electron chi connectivity index (χ2n) is 25.7. The van der Waals surface area contributed by atoms with Gasteiger partial charge in [0.05, 0.1) is 46.0 Å². The fourth-order valence-electron chi connectivity index (χ4n) is 13.7. The number of fused-ring (bicyclic) bond motifs is 4. The predicted molar refractivity (Wildman–Crippen MR) is 367 cm³/mol. The summed E-state index contributed by atoms with van der Waals surface area (Å²) in [7, 11) is 5.42. The summed E-state index contributed by atoms with van der Waals surface area (Å²) in [6.07, 6.45) is -15.5. The highest BCUT2D eigenvalue weighted by atomic mass is 32.2. The Labute approximate surface area is 601 Å². The number of likely N-dealkylation sites (N-methyl/N-ethyl adjacent to an activating group) is 1. The fourth-order valence-corrected chi connectivity index (χ4v) is 14.7. The monoisotopic (exact) mass is 1450 g/mol. The van der Waals surface area contributed by atoms with E-state index in [2.05, 4.69) is 16.0 Å². The van der Waals surface area contributed by atoms with E-state index in [4.69, 9.17) is 71.1 Å². The van der Waals surface area contributed by atoms with Crippen LogP contribution >= 0.6 is 11.8 Å². The number of thioether (sulfide) groups is 1. The van der Waals surface area contributed by atoms with Crippen LogP contribution in [0.5, 0.6) is 0 Å². The van der Waals surface area contributed by atoms with Crippen molar-refractivity contribution < 1.29 is 110 Å². The van der Waals surface area contributed by atoms with Gasteiger partial charge in [0.25, 0.3) is 0 Å². The van der Waals surface area contributed by atoms with E-state index in [1.807, 2.05) is 146 Å². The van der Waals surface area contributed by atoms with Gasteiger partial charge in [-0.1, -0.05) is 146 Å². The summed E-state index contributed by atoms with van der Waals surface area (Å²) in [5.41, 5.74) is 5.93. The second-order valence-corrected chi connectivity index (χ2v) is 27.1. The number of hydrogen-bond acceptors (Lipinski definition) is 24. The van der Waals surface area contributed by atoms with Gasteiger partial charge in [-0.3, -0.25) is 24.1 Å². The first-order chi connectivity index (χ1) is 49.8. The first kappa shape index (κ1) is 75.8. The number of hydrogen-bond donors (Lipinski definition) is 4. The van der Waals surface area contributed by atoms with Gasteiger partial charge in [-0.25, -0.2) is 14.4 Å². The minimum absolute atomic E-state index is 0.126. The molecule has 5 heterocycles. The average molecular weight is 1450 g/mol. The first-order valence-electron chi connectivity index (χ1n) is 34.2. The van der Waals surface area contributed by atoms with Crippen molar-refractivity contribution in [2.45, 2.75) is 156 Å². The van der Waals surface area contributed by atoms with Gasteiger partial charge >= 0.3 is 18.4 Å². The van der Waals surface area contributed by atoms with Crippen LogP contribution in [0.2, 0.25) is 0 Å². The Balaban J connectivity index is 0.782. The van der Waals surface area contributed by atoms with Crippen LogP contribution in [0.3, 0.4) is 0 Å².